The average Bonchev–Trinajstić information content (AvgIpc) is 3.43. The molecular weight excluding hydrogens is 402 g/mol. The summed E-state index contributed by atoms with van der Waals surface area (Å²) in [6.45, 7) is -0.325. The van der Waals surface area contributed by atoms with Crippen LogP contribution in [0.5, 0.6) is 11.5 Å². The van der Waals surface area contributed by atoms with Crippen LogP contribution in [0.4, 0.5) is 10.5 Å². The second-order valence-corrected chi connectivity index (χ2v) is 6.16. The first-order chi connectivity index (χ1) is 14.4. The van der Waals surface area contributed by atoms with Crippen molar-refractivity contribution < 1.29 is 37.9 Å². The molecule has 3 amide bonds. The molecule has 1 fully saturated rings. The molecule has 0 radical (unpaired) electrons. The van der Waals surface area contributed by atoms with E-state index in [1.165, 1.54) is 37.5 Å². The molecule has 0 atom stereocenters. The number of urea groups is 1. The van der Waals surface area contributed by atoms with Gasteiger partial charge in [0.1, 0.15) is 11.5 Å². The smallest absolute Gasteiger partial charge is 0.373 e. The number of amides is 3. The minimum Gasteiger partial charge on any atom is -0.463 e. The van der Waals surface area contributed by atoms with E-state index in [1.807, 2.05) is 0 Å². The number of imide groups is 1. The molecule has 4 rings (SSSR count). The Morgan fingerprint density at radius 2 is 2.03 bits per heavy atom. The van der Waals surface area contributed by atoms with Gasteiger partial charge in [0.15, 0.2) is 11.5 Å². The topological polar surface area (TPSA) is 150 Å². The molecule has 2 aliphatic rings. The number of nitrogens with zero attached hydrogens (tertiary/aromatic N) is 2. The van der Waals surface area contributed by atoms with Crippen molar-refractivity contribution in [1.29, 1.82) is 0 Å². The third-order valence-electron chi connectivity index (χ3n) is 4.34. The van der Waals surface area contributed by atoms with Crippen molar-refractivity contribution in [3.8, 4) is 11.5 Å². The summed E-state index contributed by atoms with van der Waals surface area (Å²) in [7, 11) is 1.19. The van der Waals surface area contributed by atoms with Crippen LogP contribution < -0.4 is 14.8 Å². The summed E-state index contributed by atoms with van der Waals surface area (Å²) < 4.78 is 20.1. The number of methoxy groups -OCH3 is 1. The third kappa shape index (κ3) is 3.30. The van der Waals surface area contributed by atoms with Crippen molar-refractivity contribution in [3.63, 3.8) is 0 Å². The Morgan fingerprint density at radius 1 is 1.30 bits per heavy atom. The predicted octanol–water partition coefficient (Wildman–Crippen LogP) is 1.80. The maximum Gasteiger partial charge on any atom is 0.373 e. The lowest BCUT2D eigenvalue weighted by Crippen LogP contribution is -2.30. The minimum atomic E-state index is -0.745. The molecule has 1 N–H and O–H groups in total. The first-order valence-corrected chi connectivity index (χ1v) is 8.47. The van der Waals surface area contributed by atoms with Gasteiger partial charge in [-0.25, -0.2) is 9.59 Å². The lowest BCUT2D eigenvalue weighted by atomic mass is 10.1. The van der Waals surface area contributed by atoms with Gasteiger partial charge in [0.25, 0.3) is 11.6 Å². The number of benzene rings is 1. The molecule has 12 heteroatoms. The number of carbonyl (C=O) groups is 3. The zero-order valence-corrected chi connectivity index (χ0v) is 15.4. The van der Waals surface area contributed by atoms with Crippen LogP contribution in [0.15, 0.2) is 34.4 Å². The first kappa shape index (κ1) is 19.0. The summed E-state index contributed by atoms with van der Waals surface area (Å²) in [5.41, 5.74) is -0.427. The van der Waals surface area contributed by atoms with Crippen molar-refractivity contribution in [2.24, 2.45) is 0 Å². The highest BCUT2D eigenvalue weighted by Crippen LogP contribution is 2.39. The molecule has 30 heavy (non-hydrogen) atoms. The fourth-order valence-corrected chi connectivity index (χ4v) is 2.92. The van der Waals surface area contributed by atoms with E-state index in [0.717, 1.165) is 4.90 Å². The third-order valence-corrected chi connectivity index (χ3v) is 4.34. The molecule has 1 aromatic heterocycles. The van der Waals surface area contributed by atoms with Gasteiger partial charge in [0.2, 0.25) is 12.6 Å². The van der Waals surface area contributed by atoms with Crippen molar-refractivity contribution in [2.75, 3.05) is 13.9 Å². The standard InChI is InChI=1S/C18H13N3O9/c1-27-17(23)13-3-2-10(30-13)7-20-16(22)11(19-18(20)24)4-9-5-14-15(29-8-28-14)6-12(9)21(25)26/h2-6H,7-8H2,1H3,(H,19,24). The van der Waals surface area contributed by atoms with Crippen LogP contribution in [-0.4, -0.2) is 41.6 Å². The molecule has 0 aliphatic carbocycles. The van der Waals surface area contributed by atoms with Gasteiger partial charge in [-0.05, 0) is 24.3 Å². The van der Waals surface area contributed by atoms with E-state index in [9.17, 15) is 24.5 Å². The molecule has 3 heterocycles. The Bertz CT molecular complexity index is 1120. The fourth-order valence-electron chi connectivity index (χ4n) is 2.92. The molecule has 0 spiro atoms. The highest BCUT2D eigenvalue weighted by molar-refractivity contribution is 6.14. The van der Waals surface area contributed by atoms with Gasteiger partial charge in [0.05, 0.1) is 30.2 Å². The van der Waals surface area contributed by atoms with E-state index in [4.69, 9.17) is 13.9 Å². The molecule has 1 saturated heterocycles. The van der Waals surface area contributed by atoms with Crippen LogP contribution in [0.2, 0.25) is 0 Å². The molecule has 0 unspecified atom stereocenters. The monoisotopic (exact) mass is 415 g/mol. The predicted molar refractivity (Wildman–Crippen MR) is 96.3 cm³/mol. The van der Waals surface area contributed by atoms with E-state index >= 15 is 0 Å². The number of rotatable bonds is 5. The second kappa shape index (κ2) is 7.24. The van der Waals surface area contributed by atoms with Crippen LogP contribution in [0.3, 0.4) is 0 Å². The number of nitro groups is 1. The van der Waals surface area contributed by atoms with E-state index in [0.29, 0.717) is 0 Å². The Morgan fingerprint density at radius 3 is 2.73 bits per heavy atom. The van der Waals surface area contributed by atoms with Crippen molar-refractivity contribution in [1.82, 2.24) is 10.2 Å². The van der Waals surface area contributed by atoms with Gasteiger partial charge >= 0.3 is 12.0 Å². The van der Waals surface area contributed by atoms with E-state index in [1.54, 1.807) is 0 Å². The number of nitro benzene ring substituents is 1. The maximum atomic E-state index is 12.7. The average molecular weight is 415 g/mol. The van der Waals surface area contributed by atoms with Crippen molar-refractivity contribution in [2.45, 2.75) is 6.54 Å². The summed E-state index contributed by atoms with van der Waals surface area (Å²) in [5, 5.41) is 13.7. The molecule has 0 saturated carbocycles. The largest absolute Gasteiger partial charge is 0.463 e. The Balaban J connectivity index is 1.60. The molecule has 154 valence electrons. The fraction of sp³-hybridized carbons (Fsp3) is 0.167. The minimum absolute atomic E-state index is 0.0562. The van der Waals surface area contributed by atoms with E-state index in [2.05, 4.69) is 10.1 Å². The highest BCUT2D eigenvalue weighted by atomic mass is 16.7. The number of furan rings is 1. The molecule has 2 aliphatic heterocycles. The number of esters is 1. The van der Waals surface area contributed by atoms with Crippen LogP contribution in [0.25, 0.3) is 6.08 Å². The first-order valence-electron chi connectivity index (χ1n) is 8.47. The number of hydrogen-bond acceptors (Lipinski definition) is 9. The Kier molecular flexibility index (Phi) is 4.58. The molecular formula is C18H13N3O9. The van der Waals surface area contributed by atoms with Crippen LogP contribution in [-0.2, 0) is 16.1 Å². The summed E-state index contributed by atoms with van der Waals surface area (Å²) >= 11 is 0. The van der Waals surface area contributed by atoms with Gasteiger partial charge in [-0.3, -0.25) is 19.8 Å². The summed E-state index contributed by atoms with van der Waals surface area (Å²) in [6, 6.07) is 4.57. The normalized spacial score (nSPS) is 16.2. The number of hydrogen-bond donors (Lipinski definition) is 1. The summed E-state index contributed by atoms with van der Waals surface area (Å²) in [4.78, 5) is 47.9. The molecule has 1 aromatic carbocycles. The van der Waals surface area contributed by atoms with Crippen molar-refractivity contribution in [3.05, 3.63) is 57.2 Å². The van der Waals surface area contributed by atoms with Crippen LogP contribution >= 0.6 is 0 Å². The van der Waals surface area contributed by atoms with E-state index < -0.39 is 22.8 Å². The zero-order valence-electron chi connectivity index (χ0n) is 15.4. The molecule has 2 aromatic rings. The second-order valence-electron chi connectivity index (χ2n) is 6.16. The van der Waals surface area contributed by atoms with Crippen molar-refractivity contribution >= 4 is 29.7 Å². The number of ether oxygens (including phenoxy) is 3. The number of fused-ring (bicyclic) bond motifs is 1. The SMILES string of the molecule is COC(=O)c1ccc(CN2C(=O)NC(=Cc3cc4c(cc3[N+](=O)[O-])OCO4)C2=O)o1. The van der Waals surface area contributed by atoms with E-state index in [-0.39, 0.29) is 53.3 Å². The summed E-state index contributed by atoms with van der Waals surface area (Å²) in [5.74, 6) is -0.823. The highest BCUT2D eigenvalue weighted by Gasteiger charge is 2.35. The van der Waals surface area contributed by atoms with Gasteiger partial charge in [0, 0.05) is 0 Å². The van der Waals surface area contributed by atoms with Gasteiger partial charge in [-0.1, -0.05) is 0 Å². The van der Waals surface area contributed by atoms with Gasteiger partial charge in [-0.15, -0.1) is 0 Å². The quantitative estimate of drug-likeness (QED) is 0.253. The van der Waals surface area contributed by atoms with Gasteiger partial charge < -0.3 is 23.9 Å². The number of nitrogens with one attached hydrogen (secondary N) is 1. The van der Waals surface area contributed by atoms with Crippen LogP contribution in [0.1, 0.15) is 21.9 Å². The molecule has 12 nitrogen and oxygen atoms in total. The van der Waals surface area contributed by atoms with Gasteiger partial charge in [-0.2, -0.15) is 0 Å². The lowest BCUT2D eigenvalue weighted by Gasteiger charge is -2.09. The Hall–Kier alpha value is -4.35. The maximum absolute atomic E-state index is 12.7. The molecule has 0 bridgehead atoms. The lowest BCUT2D eigenvalue weighted by molar-refractivity contribution is -0.385. The summed E-state index contributed by atoms with van der Waals surface area (Å²) in [6.07, 6.45) is 1.18. The van der Waals surface area contributed by atoms with Crippen LogP contribution in [0, 0.1) is 10.1 Å². The Labute approximate surface area is 167 Å². The number of carbonyl (C=O) groups excluding carboxylic acids is 3. The zero-order chi connectivity index (χ0) is 21.4.